The number of benzene rings is 1. The molecule has 29 heavy (non-hydrogen) atoms. The Morgan fingerprint density at radius 2 is 1.69 bits per heavy atom. The molecule has 0 spiro atoms. The number of methoxy groups -OCH3 is 2. The van der Waals surface area contributed by atoms with Crippen molar-refractivity contribution in [1.29, 1.82) is 0 Å². The summed E-state index contributed by atoms with van der Waals surface area (Å²) in [5.74, 6) is 0.751. The van der Waals surface area contributed by atoms with Gasteiger partial charge >= 0.3 is 5.97 Å². The van der Waals surface area contributed by atoms with Crippen LogP contribution in [0.3, 0.4) is 0 Å². The molecule has 0 unspecified atom stereocenters. The summed E-state index contributed by atoms with van der Waals surface area (Å²) in [4.78, 5) is 11.2. The molecule has 0 fully saturated rings. The van der Waals surface area contributed by atoms with Crippen LogP contribution >= 0.6 is 0 Å². The smallest absolute Gasteiger partial charge is 0.306 e. The van der Waals surface area contributed by atoms with Crippen LogP contribution in [0.25, 0.3) is 0 Å². The molecule has 0 heterocycles. The molecule has 1 aromatic carbocycles. The summed E-state index contributed by atoms with van der Waals surface area (Å²) in [6.45, 7) is 6.06. The summed E-state index contributed by atoms with van der Waals surface area (Å²) in [5.41, 5.74) is 1.21. The summed E-state index contributed by atoms with van der Waals surface area (Å²) in [7, 11) is 3.28. The van der Waals surface area contributed by atoms with Gasteiger partial charge in [0.1, 0.15) is 6.61 Å². The zero-order valence-electron chi connectivity index (χ0n) is 18.4. The van der Waals surface area contributed by atoms with Gasteiger partial charge in [-0.25, -0.2) is 0 Å². The molecule has 1 N–H and O–H groups in total. The second-order valence-electron chi connectivity index (χ2n) is 7.58. The molecular weight excluding hydrogens is 372 g/mol. The van der Waals surface area contributed by atoms with E-state index in [0.717, 1.165) is 50.0 Å². The first-order chi connectivity index (χ1) is 14.0. The highest BCUT2D eigenvalue weighted by atomic mass is 16.5. The van der Waals surface area contributed by atoms with Crippen LogP contribution in [0.2, 0.25) is 0 Å². The Bertz CT molecular complexity index is 572. The molecule has 6 nitrogen and oxygen atoms in total. The summed E-state index contributed by atoms with van der Waals surface area (Å²) in [5, 5.41) is 9.24. The molecule has 0 aliphatic rings. The van der Waals surface area contributed by atoms with Gasteiger partial charge in [0.05, 0.1) is 32.8 Å². The zero-order chi connectivity index (χ0) is 21.5. The molecule has 0 aliphatic heterocycles. The Labute approximate surface area is 175 Å². The summed E-state index contributed by atoms with van der Waals surface area (Å²) < 4.78 is 21.6. The predicted octanol–water partition coefficient (Wildman–Crippen LogP) is 4.59. The number of carbonyl (C=O) groups is 1. The SMILES string of the molecule is COCCOCCOc1cc(CCCCCC[C@H](C(=O)O)C(C)C)ccc1OC. The molecule has 1 aromatic rings. The van der Waals surface area contributed by atoms with Crippen molar-refractivity contribution in [3.63, 3.8) is 0 Å². The van der Waals surface area contributed by atoms with E-state index in [1.165, 1.54) is 5.56 Å². The summed E-state index contributed by atoms with van der Waals surface area (Å²) in [6.07, 6.45) is 5.94. The van der Waals surface area contributed by atoms with Crippen LogP contribution in [-0.4, -0.2) is 51.7 Å². The monoisotopic (exact) mass is 410 g/mol. The van der Waals surface area contributed by atoms with Crippen molar-refractivity contribution in [1.82, 2.24) is 0 Å². The first-order valence-corrected chi connectivity index (χ1v) is 10.6. The molecule has 6 heteroatoms. The minimum atomic E-state index is -0.671. The predicted molar refractivity (Wildman–Crippen MR) is 114 cm³/mol. The molecule has 0 radical (unpaired) electrons. The van der Waals surface area contributed by atoms with E-state index in [-0.39, 0.29) is 11.8 Å². The van der Waals surface area contributed by atoms with Gasteiger partial charge in [-0.3, -0.25) is 4.79 Å². The normalized spacial score (nSPS) is 12.2. The maximum atomic E-state index is 11.2. The van der Waals surface area contributed by atoms with Crippen LogP contribution in [0.5, 0.6) is 11.5 Å². The summed E-state index contributed by atoms with van der Waals surface area (Å²) >= 11 is 0. The van der Waals surface area contributed by atoms with E-state index >= 15 is 0 Å². The number of rotatable bonds is 17. The van der Waals surface area contributed by atoms with Crippen LogP contribution < -0.4 is 9.47 Å². The first kappa shape index (κ1) is 25.2. The van der Waals surface area contributed by atoms with Gasteiger partial charge in [-0.15, -0.1) is 0 Å². The lowest BCUT2D eigenvalue weighted by Gasteiger charge is -2.15. The van der Waals surface area contributed by atoms with Crippen LogP contribution in [0.4, 0.5) is 0 Å². The second kappa shape index (κ2) is 15.1. The molecule has 1 rings (SSSR count). The zero-order valence-corrected chi connectivity index (χ0v) is 18.4. The maximum absolute atomic E-state index is 11.2. The highest BCUT2D eigenvalue weighted by molar-refractivity contribution is 5.70. The number of carboxylic acids is 1. The number of aliphatic carboxylic acids is 1. The third kappa shape index (κ3) is 10.5. The molecule has 0 saturated heterocycles. The Balaban J connectivity index is 2.34. The minimum Gasteiger partial charge on any atom is -0.493 e. The topological polar surface area (TPSA) is 74.2 Å². The Morgan fingerprint density at radius 3 is 2.34 bits per heavy atom. The number of hydrogen-bond acceptors (Lipinski definition) is 5. The highest BCUT2D eigenvalue weighted by Crippen LogP contribution is 2.29. The average molecular weight is 411 g/mol. The van der Waals surface area contributed by atoms with Gasteiger partial charge in [-0.05, 0) is 42.9 Å². The largest absolute Gasteiger partial charge is 0.493 e. The highest BCUT2D eigenvalue weighted by Gasteiger charge is 2.20. The third-order valence-corrected chi connectivity index (χ3v) is 5.00. The van der Waals surface area contributed by atoms with E-state index in [9.17, 15) is 9.90 Å². The summed E-state index contributed by atoms with van der Waals surface area (Å²) in [6, 6.07) is 6.05. The number of aryl methyl sites for hydroxylation is 1. The molecular formula is C23H38O6. The van der Waals surface area contributed by atoms with E-state index < -0.39 is 5.97 Å². The van der Waals surface area contributed by atoms with Crippen LogP contribution in [0.1, 0.15) is 51.5 Å². The van der Waals surface area contributed by atoms with Gasteiger partial charge in [0.15, 0.2) is 11.5 Å². The minimum absolute atomic E-state index is 0.190. The standard InChI is InChI=1S/C23H38O6/c1-18(2)20(23(24)25)10-8-6-5-7-9-19-11-12-21(27-4)22(17-19)29-16-15-28-14-13-26-3/h11-12,17-18,20H,5-10,13-16H2,1-4H3,(H,24,25)/t20-/m0/s1. The molecule has 1 atom stereocenters. The number of ether oxygens (including phenoxy) is 4. The number of unbranched alkanes of at least 4 members (excludes halogenated alkanes) is 3. The van der Waals surface area contributed by atoms with Crippen LogP contribution in [0.15, 0.2) is 18.2 Å². The molecule has 0 saturated carbocycles. The van der Waals surface area contributed by atoms with E-state index in [1.54, 1.807) is 14.2 Å². The number of carboxylic acid groups (broad SMARTS) is 1. The van der Waals surface area contributed by atoms with Crippen LogP contribution in [-0.2, 0) is 20.7 Å². The van der Waals surface area contributed by atoms with Gasteiger partial charge in [-0.2, -0.15) is 0 Å². The quantitative estimate of drug-likeness (QED) is 0.379. The van der Waals surface area contributed by atoms with Gasteiger partial charge in [0, 0.05) is 7.11 Å². The first-order valence-electron chi connectivity index (χ1n) is 10.6. The van der Waals surface area contributed by atoms with Crippen molar-refractivity contribution < 1.29 is 28.8 Å². The van der Waals surface area contributed by atoms with Crippen molar-refractivity contribution in [2.75, 3.05) is 40.6 Å². The van der Waals surface area contributed by atoms with Gasteiger partial charge in [-0.1, -0.05) is 39.2 Å². The number of hydrogen-bond donors (Lipinski definition) is 1. The fourth-order valence-electron chi connectivity index (χ4n) is 3.23. The van der Waals surface area contributed by atoms with Crippen molar-refractivity contribution in [2.24, 2.45) is 11.8 Å². The van der Waals surface area contributed by atoms with E-state index in [1.807, 2.05) is 26.0 Å². The maximum Gasteiger partial charge on any atom is 0.306 e. The van der Waals surface area contributed by atoms with Gasteiger partial charge in [0.25, 0.3) is 0 Å². The molecule has 0 aromatic heterocycles. The van der Waals surface area contributed by atoms with Crippen molar-refractivity contribution >= 4 is 5.97 Å². The molecule has 0 amide bonds. The Kier molecular flexibility index (Phi) is 13.1. The van der Waals surface area contributed by atoms with Crippen molar-refractivity contribution in [3.8, 4) is 11.5 Å². The molecule has 166 valence electrons. The van der Waals surface area contributed by atoms with Crippen LogP contribution in [0, 0.1) is 11.8 Å². The lowest BCUT2D eigenvalue weighted by molar-refractivity contribution is -0.143. The van der Waals surface area contributed by atoms with Crippen molar-refractivity contribution in [2.45, 2.75) is 52.4 Å². The Hall–Kier alpha value is -1.79. The lowest BCUT2D eigenvalue weighted by Crippen LogP contribution is -2.19. The third-order valence-electron chi connectivity index (χ3n) is 5.00. The van der Waals surface area contributed by atoms with E-state index in [0.29, 0.717) is 26.4 Å². The molecule has 0 aliphatic carbocycles. The van der Waals surface area contributed by atoms with Gasteiger partial charge < -0.3 is 24.1 Å². The Morgan fingerprint density at radius 1 is 0.966 bits per heavy atom. The van der Waals surface area contributed by atoms with E-state index in [4.69, 9.17) is 18.9 Å². The van der Waals surface area contributed by atoms with Gasteiger partial charge in [0.2, 0.25) is 0 Å². The fraction of sp³-hybridized carbons (Fsp3) is 0.696. The second-order valence-corrected chi connectivity index (χ2v) is 7.58. The van der Waals surface area contributed by atoms with E-state index in [2.05, 4.69) is 6.07 Å². The average Bonchev–Trinajstić information content (AvgIpc) is 2.69. The fourth-order valence-corrected chi connectivity index (χ4v) is 3.23. The van der Waals surface area contributed by atoms with Crippen molar-refractivity contribution in [3.05, 3.63) is 23.8 Å². The lowest BCUT2D eigenvalue weighted by atomic mass is 9.90. The molecule has 0 bridgehead atoms.